The van der Waals surface area contributed by atoms with Gasteiger partial charge < -0.3 is 0 Å². The summed E-state index contributed by atoms with van der Waals surface area (Å²) in [6.07, 6.45) is 0. The van der Waals surface area contributed by atoms with Crippen LogP contribution in [0.15, 0.2) is 59.5 Å². The third-order valence-electron chi connectivity index (χ3n) is 3.49. The van der Waals surface area contributed by atoms with Gasteiger partial charge in [0.25, 0.3) is 0 Å². The van der Waals surface area contributed by atoms with E-state index in [1.54, 1.807) is 0 Å². The van der Waals surface area contributed by atoms with E-state index in [0.717, 1.165) is 11.5 Å². The number of benzene rings is 2. The number of rotatable bonds is 6. The van der Waals surface area contributed by atoms with Gasteiger partial charge >= 0.3 is 0 Å². The second kappa shape index (κ2) is 7.80. The highest BCUT2D eigenvalue weighted by Gasteiger charge is 2.10. The van der Waals surface area contributed by atoms with Crippen LogP contribution in [-0.2, 0) is 0 Å². The predicted octanol–water partition coefficient (Wildman–Crippen LogP) is 5.62. The number of hydrogen-bond acceptors (Lipinski definition) is 2. The maximum Gasteiger partial charge on any atom is 0.00723 e. The van der Waals surface area contributed by atoms with Crippen LogP contribution in [0.4, 0.5) is 0 Å². The van der Waals surface area contributed by atoms with E-state index in [1.165, 1.54) is 16.0 Å². The molecule has 0 saturated carbocycles. The molecule has 0 bridgehead atoms. The molecule has 1 atom stereocenters. The Morgan fingerprint density at radius 2 is 1.55 bits per heavy atom. The fraction of sp³-hybridized carbons (Fsp3) is 0.333. The van der Waals surface area contributed by atoms with Crippen LogP contribution >= 0.6 is 24.4 Å². The van der Waals surface area contributed by atoms with Gasteiger partial charge in [-0.2, -0.15) is 12.6 Å². The van der Waals surface area contributed by atoms with E-state index >= 15 is 0 Å². The molecule has 2 aromatic rings. The quantitative estimate of drug-likeness (QED) is 0.534. The van der Waals surface area contributed by atoms with Crippen molar-refractivity contribution >= 4 is 24.4 Å². The average molecular weight is 303 g/mol. The van der Waals surface area contributed by atoms with E-state index in [-0.39, 0.29) is 0 Å². The molecule has 2 heteroatoms. The van der Waals surface area contributed by atoms with Gasteiger partial charge in [-0.3, -0.25) is 0 Å². The van der Waals surface area contributed by atoms with Gasteiger partial charge in [0, 0.05) is 16.6 Å². The molecule has 1 unspecified atom stereocenters. The molecule has 0 fully saturated rings. The van der Waals surface area contributed by atoms with E-state index in [4.69, 9.17) is 0 Å². The molecule has 0 spiro atoms. The van der Waals surface area contributed by atoms with Crippen molar-refractivity contribution in [2.24, 2.45) is 0 Å². The summed E-state index contributed by atoms with van der Waals surface area (Å²) in [6.45, 7) is 4.46. The van der Waals surface area contributed by atoms with Gasteiger partial charge in [0.15, 0.2) is 0 Å². The van der Waals surface area contributed by atoms with E-state index in [2.05, 4.69) is 81.1 Å². The fourth-order valence-corrected chi connectivity index (χ4v) is 3.67. The molecule has 0 saturated heterocycles. The van der Waals surface area contributed by atoms with Crippen LogP contribution in [0.25, 0.3) is 0 Å². The summed E-state index contributed by atoms with van der Waals surface area (Å²) in [5, 5.41) is 0. The third kappa shape index (κ3) is 4.32. The second-order valence-corrected chi connectivity index (χ2v) is 6.78. The lowest BCUT2D eigenvalue weighted by Gasteiger charge is -2.14. The summed E-state index contributed by atoms with van der Waals surface area (Å²) in [5.74, 6) is 3.08. The van der Waals surface area contributed by atoms with Gasteiger partial charge in [0.1, 0.15) is 0 Å². The zero-order valence-corrected chi connectivity index (χ0v) is 13.8. The molecule has 0 aliphatic carbocycles. The Balaban J connectivity index is 1.96. The molecule has 0 aliphatic rings. The normalized spacial score (nSPS) is 12.6. The van der Waals surface area contributed by atoms with Gasteiger partial charge in [0.05, 0.1) is 0 Å². The first-order valence-corrected chi connectivity index (χ1v) is 8.71. The SMILES string of the molecule is CC(C)c1ccc(SCC(CS)c2ccccc2)cc1. The molecule has 0 heterocycles. The molecule has 106 valence electrons. The highest BCUT2D eigenvalue weighted by Crippen LogP contribution is 2.28. The zero-order chi connectivity index (χ0) is 14.4. The molecule has 0 aliphatic heterocycles. The largest absolute Gasteiger partial charge is 0.179 e. The summed E-state index contributed by atoms with van der Waals surface area (Å²) in [7, 11) is 0. The van der Waals surface area contributed by atoms with Crippen LogP contribution in [0, 0.1) is 0 Å². The summed E-state index contributed by atoms with van der Waals surface area (Å²) in [6, 6.07) is 19.6. The van der Waals surface area contributed by atoms with Gasteiger partial charge in [-0.05, 0) is 34.9 Å². The first-order valence-electron chi connectivity index (χ1n) is 7.09. The fourth-order valence-electron chi connectivity index (χ4n) is 2.13. The van der Waals surface area contributed by atoms with Crippen molar-refractivity contribution in [1.29, 1.82) is 0 Å². The van der Waals surface area contributed by atoms with Crippen LogP contribution in [-0.4, -0.2) is 11.5 Å². The Hall–Kier alpha value is -0.860. The van der Waals surface area contributed by atoms with Crippen molar-refractivity contribution in [2.75, 3.05) is 11.5 Å². The van der Waals surface area contributed by atoms with E-state index < -0.39 is 0 Å². The molecule has 2 rings (SSSR count). The van der Waals surface area contributed by atoms with Crippen molar-refractivity contribution < 1.29 is 0 Å². The topological polar surface area (TPSA) is 0 Å². The lowest BCUT2D eigenvalue weighted by atomic mass is 10.0. The summed E-state index contributed by atoms with van der Waals surface area (Å²) in [5.41, 5.74) is 2.79. The van der Waals surface area contributed by atoms with Crippen molar-refractivity contribution in [3.05, 3.63) is 65.7 Å². The maximum absolute atomic E-state index is 4.50. The number of hydrogen-bond donors (Lipinski definition) is 1. The highest BCUT2D eigenvalue weighted by atomic mass is 32.2. The standard InChI is InChI=1S/C18H22S2/c1-14(2)15-8-10-18(11-9-15)20-13-17(12-19)16-6-4-3-5-7-16/h3-11,14,17,19H,12-13H2,1-2H3. The van der Waals surface area contributed by atoms with Gasteiger partial charge in [0.2, 0.25) is 0 Å². The summed E-state index contributed by atoms with van der Waals surface area (Å²) in [4.78, 5) is 1.34. The molecule has 0 aromatic heterocycles. The van der Waals surface area contributed by atoms with Crippen molar-refractivity contribution in [1.82, 2.24) is 0 Å². The Morgan fingerprint density at radius 1 is 0.900 bits per heavy atom. The first-order chi connectivity index (χ1) is 9.70. The molecule has 0 nitrogen and oxygen atoms in total. The third-order valence-corrected chi connectivity index (χ3v) is 5.10. The van der Waals surface area contributed by atoms with Crippen LogP contribution in [0.1, 0.15) is 36.8 Å². The highest BCUT2D eigenvalue weighted by molar-refractivity contribution is 7.99. The summed E-state index contributed by atoms with van der Waals surface area (Å²) >= 11 is 6.42. The second-order valence-electron chi connectivity index (χ2n) is 5.32. The van der Waals surface area contributed by atoms with E-state index in [9.17, 15) is 0 Å². The Morgan fingerprint density at radius 3 is 2.10 bits per heavy atom. The van der Waals surface area contributed by atoms with Gasteiger partial charge in [-0.25, -0.2) is 0 Å². The predicted molar refractivity (Wildman–Crippen MR) is 94.3 cm³/mol. The smallest absolute Gasteiger partial charge is 0.00723 e. The minimum absolute atomic E-state index is 0.509. The van der Waals surface area contributed by atoms with Crippen LogP contribution in [0.2, 0.25) is 0 Å². The molecular formula is C18H22S2. The first kappa shape index (κ1) is 15.5. The van der Waals surface area contributed by atoms with Crippen molar-refractivity contribution in [3.8, 4) is 0 Å². The molecule has 2 aromatic carbocycles. The number of thiol groups is 1. The lowest BCUT2D eigenvalue weighted by Crippen LogP contribution is -2.03. The molecule has 0 amide bonds. The summed E-state index contributed by atoms with van der Waals surface area (Å²) < 4.78 is 0. The zero-order valence-electron chi connectivity index (χ0n) is 12.1. The van der Waals surface area contributed by atoms with Crippen LogP contribution in [0.5, 0.6) is 0 Å². The van der Waals surface area contributed by atoms with Gasteiger partial charge in [-0.1, -0.05) is 56.3 Å². The van der Waals surface area contributed by atoms with E-state index in [1.807, 2.05) is 11.8 Å². The van der Waals surface area contributed by atoms with Crippen molar-refractivity contribution in [3.63, 3.8) is 0 Å². The molecule has 0 radical (unpaired) electrons. The minimum Gasteiger partial charge on any atom is -0.179 e. The van der Waals surface area contributed by atoms with Crippen molar-refractivity contribution in [2.45, 2.75) is 30.6 Å². The Kier molecular flexibility index (Phi) is 6.06. The number of thioether (sulfide) groups is 1. The Labute approximate surface area is 132 Å². The Bertz CT molecular complexity index is 503. The van der Waals surface area contributed by atoms with Gasteiger partial charge in [-0.15, -0.1) is 11.8 Å². The maximum atomic E-state index is 4.50. The van der Waals surface area contributed by atoms with E-state index in [0.29, 0.717) is 11.8 Å². The molecular weight excluding hydrogens is 280 g/mol. The van der Waals surface area contributed by atoms with Crippen LogP contribution < -0.4 is 0 Å². The molecule has 20 heavy (non-hydrogen) atoms. The minimum atomic E-state index is 0.509. The molecule has 0 N–H and O–H groups in total. The van der Waals surface area contributed by atoms with Crippen LogP contribution in [0.3, 0.4) is 0 Å². The lowest BCUT2D eigenvalue weighted by molar-refractivity contribution is 0.864. The average Bonchev–Trinajstić information content (AvgIpc) is 2.49. The monoisotopic (exact) mass is 302 g/mol.